The van der Waals surface area contributed by atoms with Crippen LogP contribution in [0.5, 0.6) is 0 Å². The lowest BCUT2D eigenvalue weighted by atomic mass is 10.1. The average molecular weight is 138 g/mol. The molecule has 1 N–H and O–H groups in total. The van der Waals surface area contributed by atoms with Crippen LogP contribution in [-0.4, -0.2) is 11.7 Å². The van der Waals surface area contributed by atoms with Gasteiger partial charge in [-0.05, 0) is 18.4 Å². The third-order valence-corrected chi connectivity index (χ3v) is 1.47. The zero-order valence-electron chi connectivity index (χ0n) is 5.96. The number of aryl methyl sites for hydroxylation is 1. The topological polar surface area (TPSA) is 20.2 Å². The second-order valence-corrected chi connectivity index (χ2v) is 2.31. The summed E-state index contributed by atoms with van der Waals surface area (Å²) < 4.78 is 0. The third kappa shape index (κ3) is 2.19. The van der Waals surface area contributed by atoms with E-state index >= 15 is 0 Å². The van der Waals surface area contributed by atoms with Gasteiger partial charge in [-0.3, -0.25) is 0 Å². The minimum absolute atomic E-state index is 0. The molecule has 0 radical (unpaired) electrons. The van der Waals surface area contributed by atoms with E-state index in [-0.39, 0.29) is 8.03 Å². The molecule has 1 heteroatoms. The van der Waals surface area contributed by atoms with Crippen molar-refractivity contribution in [3.05, 3.63) is 35.9 Å². The van der Waals surface area contributed by atoms with Crippen molar-refractivity contribution in [2.45, 2.75) is 12.8 Å². The third-order valence-electron chi connectivity index (χ3n) is 1.47. The Morgan fingerprint density at radius 1 is 1.20 bits per heavy atom. The van der Waals surface area contributed by atoms with Crippen molar-refractivity contribution < 1.29 is 6.53 Å². The van der Waals surface area contributed by atoms with Crippen LogP contribution in [0.2, 0.25) is 0 Å². The van der Waals surface area contributed by atoms with Crippen LogP contribution < -0.4 is 0 Å². The van der Waals surface area contributed by atoms with Crippen molar-refractivity contribution in [2.75, 3.05) is 6.61 Å². The molecule has 10 heavy (non-hydrogen) atoms. The average Bonchev–Trinajstić information content (AvgIpc) is 2.03. The highest BCUT2D eigenvalue weighted by molar-refractivity contribution is 5.14. The first-order chi connectivity index (χ1) is 4.93. The largest absolute Gasteiger partial charge is 0.396 e. The van der Waals surface area contributed by atoms with Crippen LogP contribution in [0.4, 0.5) is 0 Å². The van der Waals surface area contributed by atoms with E-state index in [2.05, 4.69) is 12.1 Å². The lowest BCUT2D eigenvalue weighted by molar-refractivity contribution is 0.288. The lowest BCUT2D eigenvalue weighted by Crippen LogP contribution is -1.87. The van der Waals surface area contributed by atoms with Crippen LogP contribution in [0.15, 0.2) is 30.3 Å². The van der Waals surface area contributed by atoms with Crippen molar-refractivity contribution in [1.82, 2.24) is 0 Å². The molecular formula is C9H14O. The molecule has 56 valence electrons. The summed E-state index contributed by atoms with van der Waals surface area (Å²) in [4.78, 5) is 0. The number of aliphatic hydroxyl groups is 1. The molecule has 0 aromatic heterocycles. The van der Waals surface area contributed by atoms with Crippen LogP contribution in [-0.2, 0) is 6.42 Å². The van der Waals surface area contributed by atoms with Crippen LogP contribution in [0.3, 0.4) is 0 Å². The van der Waals surface area contributed by atoms with E-state index in [0.29, 0.717) is 0 Å². The zero-order valence-corrected chi connectivity index (χ0v) is 5.96. The van der Waals surface area contributed by atoms with Gasteiger partial charge in [-0.15, -0.1) is 0 Å². The fourth-order valence-electron chi connectivity index (χ4n) is 0.928. The van der Waals surface area contributed by atoms with Crippen molar-refractivity contribution >= 4 is 0 Å². The Hall–Kier alpha value is -0.820. The van der Waals surface area contributed by atoms with Crippen molar-refractivity contribution in [3.8, 4) is 0 Å². The monoisotopic (exact) mass is 138 g/mol. The standard InChI is InChI=1S/C9H12O.H2/c10-8-4-7-9-5-2-1-3-6-9;/h1-3,5-6,10H,4,7-8H2;1H. The summed E-state index contributed by atoms with van der Waals surface area (Å²) in [6.45, 7) is 0.287. The number of rotatable bonds is 3. The smallest absolute Gasteiger partial charge is 0.0434 e. The molecule has 1 aromatic rings. The van der Waals surface area contributed by atoms with Crippen LogP contribution in [0.25, 0.3) is 0 Å². The molecule has 0 bridgehead atoms. The molecule has 1 rings (SSSR count). The summed E-state index contributed by atoms with van der Waals surface area (Å²) in [7, 11) is 0. The Bertz CT molecular complexity index is 174. The first-order valence-electron chi connectivity index (χ1n) is 3.58. The van der Waals surface area contributed by atoms with Crippen molar-refractivity contribution in [3.63, 3.8) is 0 Å². The van der Waals surface area contributed by atoms with E-state index in [1.54, 1.807) is 0 Å². The lowest BCUT2D eigenvalue weighted by Gasteiger charge is -1.96. The van der Waals surface area contributed by atoms with Crippen molar-refractivity contribution in [2.24, 2.45) is 0 Å². The van der Waals surface area contributed by atoms with Gasteiger partial charge in [0.2, 0.25) is 0 Å². The highest BCUT2D eigenvalue weighted by Gasteiger charge is 1.87. The van der Waals surface area contributed by atoms with Crippen molar-refractivity contribution in [1.29, 1.82) is 0 Å². The van der Waals surface area contributed by atoms with Gasteiger partial charge in [0, 0.05) is 8.03 Å². The van der Waals surface area contributed by atoms with E-state index < -0.39 is 0 Å². The summed E-state index contributed by atoms with van der Waals surface area (Å²) >= 11 is 0. The first-order valence-corrected chi connectivity index (χ1v) is 3.58. The number of aliphatic hydroxyl groups excluding tert-OH is 1. The quantitative estimate of drug-likeness (QED) is 0.676. The van der Waals surface area contributed by atoms with Gasteiger partial charge in [0.15, 0.2) is 0 Å². The van der Waals surface area contributed by atoms with E-state index in [1.807, 2.05) is 18.2 Å². The zero-order chi connectivity index (χ0) is 7.23. The van der Waals surface area contributed by atoms with Gasteiger partial charge in [-0.2, -0.15) is 0 Å². The van der Waals surface area contributed by atoms with Gasteiger partial charge < -0.3 is 5.11 Å². The maximum atomic E-state index is 8.53. The molecule has 0 saturated heterocycles. The van der Waals surface area contributed by atoms with E-state index in [4.69, 9.17) is 5.11 Å². The Morgan fingerprint density at radius 2 is 1.90 bits per heavy atom. The van der Waals surface area contributed by atoms with Crippen LogP contribution in [0.1, 0.15) is 13.4 Å². The van der Waals surface area contributed by atoms with Gasteiger partial charge in [-0.25, -0.2) is 0 Å². The second kappa shape index (κ2) is 4.07. The number of hydrogen-bond donors (Lipinski definition) is 1. The second-order valence-electron chi connectivity index (χ2n) is 2.31. The summed E-state index contributed by atoms with van der Waals surface area (Å²) in [5.74, 6) is 0. The summed E-state index contributed by atoms with van der Waals surface area (Å²) in [5, 5.41) is 8.53. The van der Waals surface area contributed by atoms with E-state index in [9.17, 15) is 0 Å². The molecular weight excluding hydrogens is 124 g/mol. The highest BCUT2D eigenvalue weighted by Crippen LogP contribution is 2.00. The Morgan fingerprint density at radius 3 is 2.50 bits per heavy atom. The van der Waals surface area contributed by atoms with Gasteiger partial charge in [0.1, 0.15) is 0 Å². The van der Waals surface area contributed by atoms with Crippen LogP contribution >= 0.6 is 0 Å². The van der Waals surface area contributed by atoms with Crippen LogP contribution in [0, 0.1) is 0 Å². The van der Waals surface area contributed by atoms with Gasteiger partial charge >= 0.3 is 0 Å². The molecule has 1 aromatic carbocycles. The Labute approximate surface area is 62.8 Å². The molecule has 0 atom stereocenters. The van der Waals surface area contributed by atoms with Gasteiger partial charge in [-0.1, -0.05) is 30.3 Å². The number of benzene rings is 1. The normalized spacial score (nSPS) is 9.70. The molecule has 0 aliphatic carbocycles. The highest BCUT2D eigenvalue weighted by atomic mass is 16.2. The Balaban J connectivity index is 0.000001000. The maximum Gasteiger partial charge on any atom is 0.0434 e. The van der Waals surface area contributed by atoms with Gasteiger partial charge in [0.25, 0.3) is 0 Å². The maximum absolute atomic E-state index is 8.53. The minimum atomic E-state index is 0. The molecule has 0 unspecified atom stereocenters. The number of hydrogen-bond acceptors (Lipinski definition) is 1. The van der Waals surface area contributed by atoms with Gasteiger partial charge in [0.05, 0.1) is 0 Å². The predicted molar refractivity (Wildman–Crippen MR) is 44.0 cm³/mol. The molecule has 0 amide bonds. The molecule has 0 fully saturated rings. The fourth-order valence-corrected chi connectivity index (χ4v) is 0.928. The molecule has 0 heterocycles. The fraction of sp³-hybridized carbons (Fsp3) is 0.333. The first kappa shape index (κ1) is 7.29. The molecule has 1 nitrogen and oxygen atoms in total. The SMILES string of the molecule is OCCCc1ccccc1.[HH]. The summed E-state index contributed by atoms with van der Waals surface area (Å²) in [6.07, 6.45) is 1.85. The minimum Gasteiger partial charge on any atom is -0.396 e. The molecule has 0 aliphatic heterocycles. The molecule has 0 saturated carbocycles. The summed E-state index contributed by atoms with van der Waals surface area (Å²) in [6, 6.07) is 10.2. The van der Waals surface area contributed by atoms with E-state index in [1.165, 1.54) is 5.56 Å². The molecule has 0 spiro atoms. The predicted octanol–water partition coefficient (Wildman–Crippen LogP) is 1.86. The summed E-state index contributed by atoms with van der Waals surface area (Å²) in [5.41, 5.74) is 1.30. The van der Waals surface area contributed by atoms with E-state index in [0.717, 1.165) is 12.8 Å². The molecule has 0 aliphatic rings. The Kier molecular flexibility index (Phi) is 2.97.